The van der Waals surface area contributed by atoms with Gasteiger partial charge in [0.15, 0.2) is 0 Å². The Balaban J connectivity index is 1.86. The van der Waals surface area contributed by atoms with Crippen molar-refractivity contribution >= 4 is 0 Å². The van der Waals surface area contributed by atoms with Crippen LogP contribution in [-0.4, -0.2) is 39.0 Å². The van der Waals surface area contributed by atoms with Crippen molar-refractivity contribution in [2.24, 2.45) is 7.05 Å². The van der Waals surface area contributed by atoms with Crippen LogP contribution in [0.1, 0.15) is 17.5 Å². The van der Waals surface area contributed by atoms with E-state index in [4.69, 9.17) is 5.26 Å². The second-order valence-electron chi connectivity index (χ2n) is 5.54. The van der Waals surface area contributed by atoms with Gasteiger partial charge in [0, 0.05) is 44.0 Å². The zero-order valence-corrected chi connectivity index (χ0v) is 12.0. The molecule has 1 aliphatic rings. The fourth-order valence-electron chi connectivity index (χ4n) is 2.80. The van der Waals surface area contributed by atoms with Crippen molar-refractivity contribution in [1.82, 2.24) is 14.7 Å². The third-order valence-corrected chi connectivity index (χ3v) is 3.83. The molecule has 1 N–H and O–H groups in total. The lowest BCUT2D eigenvalue weighted by atomic mass is 10.1. The topological polar surface area (TPSA) is 65.1 Å². The summed E-state index contributed by atoms with van der Waals surface area (Å²) in [6.07, 6.45) is 2.66. The Morgan fingerprint density at radius 2 is 2.14 bits per heavy atom. The summed E-state index contributed by atoms with van der Waals surface area (Å²) in [4.78, 5) is 2.24. The van der Waals surface area contributed by atoms with Crippen LogP contribution in [0.15, 0.2) is 30.5 Å². The highest BCUT2D eigenvalue weighted by Gasteiger charge is 2.22. The molecule has 1 aliphatic heterocycles. The summed E-state index contributed by atoms with van der Waals surface area (Å²) in [6, 6.07) is 9.62. The molecular weight excluding hydrogens is 264 g/mol. The monoisotopic (exact) mass is 282 g/mol. The summed E-state index contributed by atoms with van der Waals surface area (Å²) >= 11 is 0. The standard InChI is InChI=1S/C16H18N4O/c1-19-9-14(10-20-7-6-15(21)11-20)16(18-19)13-4-2-12(8-17)3-5-13/h2-5,9,15,21H,6-7,10-11H2,1H3/t15-/m1/s1. The number of aliphatic hydroxyl groups excluding tert-OH is 1. The van der Waals surface area contributed by atoms with Gasteiger partial charge in [-0.25, -0.2) is 0 Å². The van der Waals surface area contributed by atoms with Crippen LogP contribution in [0.25, 0.3) is 11.3 Å². The summed E-state index contributed by atoms with van der Waals surface area (Å²) in [5.41, 5.74) is 3.77. The first-order chi connectivity index (χ1) is 10.2. The molecule has 21 heavy (non-hydrogen) atoms. The van der Waals surface area contributed by atoms with Crippen molar-refractivity contribution < 1.29 is 5.11 Å². The minimum absolute atomic E-state index is 0.208. The molecule has 0 bridgehead atoms. The number of hydrogen-bond acceptors (Lipinski definition) is 4. The minimum Gasteiger partial charge on any atom is -0.392 e. The molecular formula is C16H18N4O. The quantitative estimate of drug-likeness (QED) is 0.927. The van der Waals surface area contributed by atoms with Crippen LogP contribution in [0.5, 0.6) is 0 Å². The Labute approximate surface area is 124 Å². The molecule has 5 nitrogen and oxygen atoms in total. The maximum atomic E-state index is 9.63. The summed E-state index contributed by atoms with van der Waals surface area (Å²) in [5.74, 6) is 0. The molecule has 0 aliphatic carbocycles. The highest BCUT2D eigenvalue weighted by molar-refractivity contribution is 5.63. The smallest absolute Gasteiger partial charge is 0.0991 e. The number of benzene rings is 1. The highest BCUT2D eigenvalue weighted by atomic mass is 16.3. The molecule has 0 radical (unpaired) electrons. The lowest BCUT2D eigenvalue weighted by Crippen LogP contribution is -2.21. The van der Waals surface area contributed by atoms with Gasteiger partial charge in [-0.1, -0.05) is 12.1 Å². The lowest BCUT2D eigenvalue weighted by molar-refractivity contribution is 0.175. The van der Waals surface area contributed by atoms with E-state index in [0.29, 0.717) is 5.56 Å². The van der Waals surface area contributed by atoms with Crippen molar-refractivity contribution in [2.45, 2.75) is 19.1 Å². The van der Waals surface area contributed by atoms with Crippen molar-refractivity contribution in [2.75, 3.05) is 13.1 Å². The first-order valence-corrected chi connectivity index (χ1v) is 7.09. The molecule has 1 fully saturated rings. The molecule has 5 heteroatoms. The summed E-state index contributed by atoms with van der Waals surface area (Å²) in [7, 11) is 1.91. The average Bonchev–Trinajstić information content (AvgIpc) is 3.05. The van der Waals surface area contributed by atoms with Gasteiger partial charge in [-0.2, -0.15) is 10.4 Å². The molecule has 0 spiro atoms. The van der Waals surface area contributed by atoms with E-state index in [0.717, 1.165) is 42.9 Å². The van der Waals surface area contributed by atoms with Gasteiger partial charge in [-0.05, 0) is 18.6 Å². The van der Waals surface area contributed by atoms with Crippen molar-refractivity contribution in [3.05, 3.63) is 41.6 Å². The maximum absolute atomic E-state index is 9.63. The number of aryl methyl sites for hydroxylation is 1. The number of nitriles is 1. The minimum atomic E-state index is -0.208. The average molecular weight is 282 g/mol. The molecule has 1 saturated heterocycles. The molecule has 2 aromatic rings. The van der Waals surface area contributed by atoms with Crippen molar-refractivity contribution in [3.8, 4) is 17.3 Å². The lowest BCUT2D eigenvalue weighted by Gasteiger charge is -2.14. The van der Waals surface area contributed by atoms with Crippen molar-refractivity contribution in [1.29, 1.82) is 5.26 Å². The molecule has 0 amide bonds. The van der Waals surface area contributed by atoms with Crippen LogP contribution in [0, 0.1) is 11.3 Å². The number of aromatic nitrogens is 2. The molecule has 0 unspecified atom stereocenters. The van der Waals surface area contributed by atoms with E-state index in [9.17, 15) is 5.11 Å². The molecule has 108 valence electrons. The number of nitrogens with zero attached hydrogens (tertiary/aromatic N) is 4. The summed E-state index contributed by atoms with van der Waals surface area (Å²) < 4.78 is 1.81. The van der Waals surface area contributed by atoms with Gasteiger partial charge in [-0.15, -0.1) is 0 Å². The zero-order chi connectivity index (χ0) is 14.8. The maximum Gasteiger partial charge on any atom is 0.0991 e. The van der Waals surface area contributed by atoms with Gasteiger partial charge >= 0.3 is 0 Å². The first kappa shape index (κ1) is 13.8. The van der Waals surface area contributed by atoms with E-state index in [2.05, 4.69) is 16.1 Å². The van der Waals surface area contributed by atoms with E-state index in [-0.39, 0.29) is 6.10 Å². The Kier molecular flexibility index (Phi) is 3.74. The fourth-order valence-corrected chi connectivity index (χ4v) is 2.80. The van der Waals surface area contributed by atoms with Crippen LogP contribution >= 0.6 is 0 Å². The van der Waals surface area contributed by atoms with E-state index in [1.807, 2.05) is 42.2 Å². The molecule has 0 saturated carbocycles. The van der Waals surface area contributed by atoms with Crippen LogP contribution < -0.4 is 0 Å². The van der Waals surface area contributed by atoms with E-state index >= 15 is 0 Å². The Hall–Kier alpha value is -2.16. The Morgan fingerprint density at radius 3 is 2.76 bits per heavy atom. The third-order valence-electron chi connectivity index (χ3n) is 3.83. The second kappa shape index (κ2) is 5.68. The molecule has 2 heterocycles. The van der Waals surface area contributed by atoms with Crippen LogP contribution in [0.2, 0.25) is 0 Å². The number of likely N-dealkylation sites (tertiary alicyclic amines) is 1. The normalized spacial score (nSPS) is 18.8. The molecule has 1 aromatic heterocycles. The number of β-amino-alcohol motifs (C(OH)–C–C–N with tert-alkyl or cyclic N) is 1. The number of rotatable bonds is 3. The first-order valence-electron chi connectivity index (χ1n) is 7.09. The van der Waals surface area contributed by atoms with Gasteiger partial charge in [-0.3, -0.25) is 9.58 Å². The van der Waals surface area contributed by atoms with E-state index < -0.39 is 0 Å². The fraction of sp³-hybridized carbons (Fsp3) is 0.375. The molecule has 1 atom stereocenters. The number of hydrogen-bond donors (Lipinski definition) is 1. The van der Waals surface area contributed by atoms with Crippen LogP contribution in [0.4, 0.5) is 0 Å². The van der Waals surface area contributed by atoms with Crippen molar-refractivity contribution in [3.63, 3.8) is 0 Å². The predicted octanol–water partition coefficient (Wildman–Crippen LogP) is 1.53. The van der Waals surface area contributed by atoms with E-state index in [1.54, 1.807) is 0 Å². The van der Waals surface area contributed by atoms with Crippen LogP contribution in [-0.2, 0) is 13.6 Å². The van der Waals surface area contributed by atoms with Crippen LogP contribution in [0.3, 0.4) is 0 Å². The van der Waals surface area contributed by atoms with Gasteiger partial charge in [0.2, 0.25) is 0 Å². The van der Waals surface area contributed by atoms with Gasteiger partial charge < -0.3 is 5.11 Å². The SMILES string of the molecule is Cn1cc(CN2CC[C@@H](O)C2)c(-c2ccc(C#N)cc2)n1. The predicted molar refractivity (Wildman–Crippen MR) is 79.3 cm³/mol. The highest BCUT2D eigenvalue weighted by Crippen LogP contribution is 2.24. The van der Waals surface area contributed by atoms with Gasteiger partial charge in [0.1, 0.15) is 0 Å². The number of aliphatic hydroxyl groups is 1. The largest absolute Gasteiger partial charge is 0.392 e. The summed E-state index contributed by atoms with van der Waals surface area (Å²) in [6.45, 7) is 2.44. The Morgan fingerprint density at radius 1 is 1.38 bits per heavy atom. The second-order valence-corrected chi connectivity index (χ2v) is 5.54. The summed E-state index contributed by atoms with van der Waals surface area (Å²) in [5, 5.41) is 23.0. The van der Waals surface area contributed by atoms with E-state index in [1.165, 1.54) is 0 Å². The van der Waals surface area contributed by atoms with Gasteiger partial charge in [0.25, 0.3) is 0 Å². The zero-order valence-electron chi connectivity index (χ0n) is 12.0. The molecule has 1 aromatic carbocycles. The molecule has 3 rings (SSSR count). The third kappa shape index (κ3) is 2.97. The van der Waals surface area contributed by atoms with Gasteiger partial charge in [0.05, 0.1) is 23.4 Å². The Bertz CT molecular complexity index is 669.